The summed E-state index contributed by atoms with van der Waals surface area (Å²) < 4.78 is 6.87. The number of nitrogens with zero attached hydrogens (tertiary/aromatic N) is 4. The van der Waals surface area contributed by atoms with Crippen LogP contribution in [0.1, 0.15) is 50.0 Å². The van der Waals surface area contributed by atoms with Crippen LogP contribution in [0.15, 0.2) is 42.0 Å². The highest BCUT2D eigenvalue weighted by Crippen LogP contribution is 2.32. The first-order valence-corrected chi connectivity index (χ1v) is 8.81. The number of carbonyl (C=O) groups is 2. The lowest BCUT2D eigenvalue weighted by Gasteiger charge is -2.23. The van der Waals surface area contributed by atoms with Crippen LogP contribution in [0.5, 0.6) is 0 Å². The Balaban J connectivity index is 1.76. The van der Waals surface area contributed by atoms with E-state index in [4.69, 9.17) is 4.74 Å². The molecule has 1 aliphatic carbocycles. The number of imidazole rings is 1. The number of Topliss-reactive ketones (excluding diaryl/α,β-unsaturated/α-hetero) is 1. The van der Waals surface area contributed by atoms with Crippen LogP contribution >= 0.6 is 0 Å². The molecule has 1 atom stereocenters. The third kappa shape index (κ3) is 4.04. The lowest BCUT2D eigenvalue weighted by Crippen LogP contribution is -2.19. The Kier molecular flexibility index (Phi) is 5.55. The van der Waals surface area contributed by atoms with Gasteiger partial charge in [-0.05, 0) is 44.2 Å². The smallest absolute Gasteiger partial charge is 0.333 e. The summed E-state index contributed by atoms with van der Waals surface area (Å²) in [6.45, 7) is 4.23. The van der Waals surface area contributed by atoms with Crippen molar-refractivity contribution >= 4 is 11.8 Å². The SMILES string of the molecule is CCOC(=O)C1=C(CC(=O)c2ccc(-n3ccnc3)nn2)CCC(C)C1. The molecule has 3 rings (SSSR count). The molecule has 2 aromatic heterocycles. The van der Waals surface area contributed by atoms with E-state index in [0.717, 1.165) is 18.4 Å². The number of rotatable bonds is 6. The predicted octanol–water partition coefficient (Wildman–Crippen LogP) is 2.91. The van der Waals surface area contributed by atoms with Crippen LogP contribution in [0.25, 0.3) is 5.82 Å². The average Bonchev–Trinajstić information content (AvgIpc) is 3.18. The lowest BCUT2D eigenvalue weighted by molar-refractivity contribution is -0.139. The van der Waals surface area contributed by atoms with Gasteiger partial charge in [-0.3, -0.25) is 9.36 Å². The lowest BCUT2D eigenvalue weighted by atomic mass is 9.82. The Morgan fingerprint density at radius 2 is 2.15 bits per heavy atom. The first kappa shape index (κ1) is 18.0. The first-order chi connectivity index (χ1) is 12.6. The van der Waals surface area contributed by atoms with Crippen molar-refractivity contribution in [2.75, 3.05) is 6.61 Å². The molecule has 0 saturated heterocycles. The van der Waals surface area contributed by atoms with Crippen LogP contribution in [0.4, 0.5) is 0 Å². The second-order valence-corrected chi connectivity index (χ2v) is 6.50. The van der Waals surface area contributed by atoms with Crippen molar-refractivity contribution in [1.29, 1.82) is 0 Å². The summed E-state index contributed by atoms with van der Waals surface area (Å²) in [4.78, 5) is 28.8. The normalized spacial score (nSPS) is 17.2. The molecule has 0 spiro atoms. The van der Waals surface area contributed by atoms with Gasteiger partial charge in [0.2, 0.25) is 0 Å². The van der Waals surface area contributed by atoms with E-state index >= 15 is 0 Å². The van der Waals surface area contributed by atoms with E-state index in [0.29, 0.717) is 36.0 Å². The van der Waals surface area contributed by atoms with Gasteiger partial charge in [0.1, 0.15) is 12.0 Å². The molecule has 0 aromatic carbocycles. The number of ether oxygens (including phenoxy) is 1. The van der Waals surface area contributed by atoms with Crippen molar-refractivity contribution in [2.24, 2.45) is 5.92 Å². The zero-order chi connectivity index (χ0) is 18.5. The van der Waals surface area contributed by atoms with Crippen LogP contribution in [0, 0.1) is 5.92 Å². The van der Waals surface area contributed by atoms with Gasteiger partial charge in [-0.15, -0.1) is 10.2 Å². The van der Waals surface area contributed by atoms with E-state index < -0.39 is 0 Å². The van der Waals surface area contributed by atoms with Crippen LogP contribution in [0.2, 0.25) is 0 Å². The molecule has 0 fully saturated rings. The Bertz CT molecular complexity index is 810. The molecule has 0 amide bonds. The van der Waals surface area contributed by atoms with E-state index in [9.17, 15) is 9.59 Å². The van der Waals surface area contributed by atoms with Gasteiger partial charge in [0.15, 0.2) is 11.6 Å². The monoisotopic (exact) mass is 354 g/mol. The van der Waals surface area contributed by atoms with E-state index in [-0.39, 0.29) is 18.2 Å². The maximum Gasteiger partial charge on any atom is 0.333 e. The molecule has 0 saturated carbocycles. The topological polar surface area (TPSA) is 87.0 Å². The van der Waals surface area contributed by atoms with Crippen molar-refractivity contribution < 1.29 is 14.3 Å². The molecule has 1 unspecified atom stereocenters. The summed E-state index contributed by atoms with van der Waals surface area (Å²) >= 11 is 0. The highest BCUT2D eigenvalue weighted by molar-refractivity contribution is 5.98. The van der Waals surface area contributed by atoms with Gasteiger partial charge >= 0.3 is 5.97 Å². The predicted molar refractivity (Wildman–Crippen MR) is 94.8 cm³/mol. The van der Waals surface area contributed by atoms with Gasteiger partial charge in [0.25, 0.3) is 0 Å². The summed E-state index contributed by atoms with van der Waals surface area (Å²) in [5, 5.41) is 8.11. The van der Waals surface area contributed by atoms with Gasteiger partial charge in [-0.1, -0.05) is 12.5 Å². The molecule has 1 aliphatic rings. The summed E-state index contributed by atoms with van der Waals surface area (Å²) in [6, 6.07) is 3.38. The summed E-state index contributed by atoms with van der Waals surface area (Å²) in [5.74, 6) is 0.573. The van der Waals surface area contributed by atoms with Gasteiger partial charge in [0, 0.05) is 24.4 Å². The third-order valence-corrected chi connectivity index (χ3v) is 4.52. The maximum absolute atomic E-state index is 12.6. The minimum absolute atomic E-state index is 0.138. The molecule has 7 nitrogen and oxygen atoms in total. The van der Waals surface area contributed by atoms with Crippen LogP contribution in [-0.4, -0.2) is 38.1 Å². The Morgan fingerprint density at radius 1 is 1.31 bits per heavy atom. The minimum atomic E-state index is -0.302. The number of allylic oxidation sites excluding steroid dienone is 1. The van der Waals surface area contributed by atoms with E-state index in [1.54, 1.807) is 42.3 Å². The van der Waals surface area contributed by atoms with E-state index in [1.807, 2.05) is 0 Å². The molecule has 2 heterocycles. The number of aromatic nitrogens is 4. The molecule has 0 aliphatic heterocycles. The van der Waals surface area contributed by atoms with Crippen molar-refractivity contribution in [1.82, 2.24) is 19.7 Å². The summed E-state index contributed by atoms with van der Waals surface area (Å²) in [6.07, 6.45) is 7.56. The Hall–Kier alpha value is -2.83. The molecule has 2 aromatic rings. The number of hydrogen-bond donors (Lipinski definition) is 0. The molecular weight excluding hydrogens is 332 g/mol. The Labute approximate surface area is 152 Å². The molecule has 0 N–H and O–H groups in total. The van der Waals surface area contributed by atoms with E-state index in [2.05, 4.69) is 22.1 Å². The maximum atomic E-state index is 12.6. The fraction of sp³-hybridized carbons (Fsp3) is 0.421. The second-order valence-electron chi connectivity index (χ2n) is 6.50. The van der Waals surface area contributed by atoms with Crippen molar-refractivity contribution in [3.63, 3.8) is 0 Å². The molecule has 136 valence electrons. The highest BCUT2D eigenvalue weighted by Gasteiger charge is 2.26. The van der Waals surface area contributed by atoms with Crippen molar-refractivity contribution in [2.45, 2.75) is 39.5 Å². The minimum Gasteiger partial charge on any atom is -0.463 e. The fourth-order valence-electron chi connectivity index (χ4n) is 3.10. The zero-order valence-corrected chi connectivity index (χ0v) is 15.0. The number of ketones is 1. The molecule has 0 bridgehead atoms. The standard InChI is InChI=1S/C19H22N4O3/c1-3-26-19(25)15-10-13(2)4-5-14(15)11-17(24)16-6-7-18(22-21-16)23-9-8-20-12-23/h6-9,12-13H,3-5,10-11H2,1-2H3. The van der Waals surface area contributed by atoms with Gasteiger partial charge < -0.3 is 4.74 Å². The molecular formula is C19H22N4O3. The van der Waals surface area contributed by atoms with Crippen LogP contribution < -0.4 is 0 Å². The highest BCUT2D eigenvalue weighted by atomic mass is 16.5. The fourth-order valence-corrected chi connectivity index (χ4v) is 3.10. The zero-order valence-electron chi connectivity index (χ0n) is 15.0. The van der Waals surface area contributed by atoms with Gasteiger partial charge in [-0.25, -0.2) is 9.78 Å². The van der Waals surface area contributed by atoms with Crippen LogP contribution in [-0.2, 0) is 9.53 Å². The Morgan fingerprint density at radius 3 is 2.81 bits per heavy atom. The molecule has 0 radical (unpaired) electrons. The van der Waals surface area contributed by atoms with Crippen molar-refractivity contribution in [3.8, 4) is 5.82 Å². The molecule has 7 heteroatoms. The summed E-state index contributed by atoms with van der Waals surface area (Å²) in [5.41, 5.74) is 1.82. The quantitative estimate of drug-likeness (QED) is 0.585. The number of hydrogen-bond acceptors (Lipinski definition) is 6. The van der Waals surface area contributed by atoms with Gasteiger partial charge in [0.05, 0.1) is 6.61 Å². The van der Waals surface area contributed by atoms with E-state index in [1.165, 1.54) is 0 Å². The van der Waals surface area contributed by atoms with Crippen molar-refractivity contribution in [3.05, 3.63) is 47.7 Å². The first-order valence-electron chi connectivity index (χ1n) is 8.81. The summed E-state index contributed by atoms with van der Waals surface area (Å²) in [7, 11) is 0. The number of carbonyl (C=O) groups excluding carboxylic acids is 2. The van der Waals surface area contributed by atoms with Crippen LogP contribution in [0.3, 0.4) is 0 Å². The van der Waals surface area contributed by atoms with Gasteiger partial charge in [-0.2, -0.15) is 0 Å². The second kappa shape index (κ2) is 8.03. The number of esters is 1. The largest absolute Gasteiger partial charge is 0.463 e. The third-order valence-electron chi connectivity index (χ3n) is 4.52. The average molecular weight is 354 g/mol. The molecule has 26 heavy (non-hydrogen) atoms.